The molecule has 0 aliphatic rings. The van der Waals surface area contributed by atoms with E-state index in [4.69, 9.17) is 21.1 Å². The molecule has 0 aromatic heterocycles. The number of sulfone groups is 1. The summed E-state index contributed by atoms with van der Waals surface area (Å²) in [4.78, 5) is 0.0982. The summed E-state index contributed by atoms with van der Waals surface area (Å²) in [6.07, 6.45) is 0. The third-order valence-electron chi connectivity index (χ3n) is 4.75. The number of ether oxygens (including phenoxy) is 2. The molecule has 0 spiro atoms. The van der Waals surface area contributed by atoms with Crippen LogP contribution in [0.4, 0.5) is 5.69 Å². The summed E-state index contributed by atoms with van der Waals surface area (Å²) in [7, 11) is -0.941. The van der Waals surface area contributed by atoms with Crippen LogP contribution < -0.4 is 26.1 Å². The summed E-state index contributed by atoms with van der Waals surface area (Å²) < 4.78 is 37.5. The number of benzene rings is 2. The zero-order chi connectivity index (χ0) is 22.9. The van der Waals surface area contributed by atoms with Gasteiger partial charge in [-0.15, -0.1) is 0 Å². The minimum Gasteiger partial charge on any atom is -0.495 e. The predicted molar refractivity (Wildman–Crippen MR) is 123 cm³/mol. The van der Waals surface area contributed by atoms with E-state index in [9.17, 15) is 8.42 Å². The van der Waals surface area contributed by atoms with E-state index >= 15 is 0 Å². The summed E-state index contributed by atoms with van der Waals surface area (Å²) >= 11 is 3.38. The minimum absolute atomic E-state index is 0.0924. The van der Waals surface area contributed by atoms with Gasteiger partial charge in [0.05, 0.1) is 29.3 Å². The smallest absolute Gasteiger partial charge is 0.223 e. The molecule has 164 valence electrons. The number of hydrogen-bond donors (Lipinski definition) is 2. The highest BCUT2D eigenvalue weighted by molar-refractivity contribution is 9.10. The van der Waals surface area contributed by atoms with E-state index in [1.54, 1.807) is 36.4 Å². The van der Waals surface area contributed by atoms with Gasteiger partial charge in [-0.25, -0.2) is 14.3 Å². The molecule has 2 rings (SSSR count). The number of anilines is 1. The average molecular weight is 498 g/mol. The summed E-state index contributed by atoms with van der Waals surface area (Å²) in [5.74, 6) is 7.15. The quantitative estimate of drug-likeness (QED) is 0.457. The van der Waals surface area contributed by atoms with Gasteiger partial charge in [-0.1, -0.05) is 32.9 Å². The Labute approximate surface area is 186 Å². The van der Waals surface area contributed by atoms with Gasteiger partial charge < -0.3 is 15.2 Å². The number of allylic oxidation sites excluding steroid dienone is 1. The largest absolute Gasteiger partial charge is 0.495 e. The topological polar surface area (TPSA) is 108 Å². The van der Waals surface area contributed by atoms with Crippen LogP contribution in [0.3, 0.4) is 0 Å². The van der Waals surface area contributed by atoms with Crippen LogP contribution in [0.2, 0.25) is 0 Å². The number of hydrogen-bond acceptors (Lipinski definition) is 7. The molecule has 4 N–H and O–H groups in total. The number of hydrazine groups is 1. The van der Waals surface area contributed by atoms with E-state index in [0.717, 1.165) is 5.56 Å². The van der Waals surface area contributed by atoms with Gasteiger partial charge in [-0.2, -0.15) is 0 Å². The molecule has 0 saturated heterocycles. The van der Waals surface area contributed by atoms with Crippen LogP contribution in [0.5, 0.6) is 11.5 Å². The Morgan fingerprint density at radius 2 is 1.57 bits per heavy atom. The maximum absolute atomic E-state index is 13.1. The average Bonchev–Trinajstić information content (AvgIpc) is 2.71. The van der Waals surface area contributed by atoms with Crippen LogP contribution in [-0.4, -0.2) is 22.6 Å². The normalized spacial score (nSPS) is 12.9. The number of methoxy groups -OCH3 is 2. The summed E-state index contributed by atoms with van der Waals surface area (Å²) in [5, 5.41) is 0.821. The van der Waals surface area contributed by atoms with Crippen molar-refractivity contribution >= 4 is 31.5 Å². The number of nitrogens with zero attached hydrogens (tertiary/aromatic N) is 1. The van der Waals surface area contributed by atoms with Crippen molar-refractivity contribution in [2.45, 2.75) is 38.0 Å². The van der Waals surface area contributed by atoms with Crippen molar-refractivity contribution in [3.8, 4) is 11.5 Å². The van der Waals surface area contributed by atoms with Gasteiger partial charge in [-0.3, -0.25) is 5.01 Å². The first-order chi connectivity index (χ1) is 13.8. The van der Waals surface area contributed by atoms with Crippen LogP contribution in [-0.2, 0) is 15.3 Å². The van der Waals surface area contributed by atoms with Gasteiger partial charge in [0.1, 0.15) is 17.2 Å². The molecule has 30 heavy (non-hydrogen) atoms. The Balaban J connectivity index is 2.51. The molecule has 2 aromatic carbocycles. The predicted octanol–water partition coefficient (Wildman–Crippen LogP) is 4.07. The van der Waals surface area contributed by atoms with Crippen molar-refractivity contribution < 1.29 is 17.9 Å². The van der Waals surface area contributed by atoms with Gasteiger partial charge in [0.15, 0.2) is 5.03 Å². The highest BCUT2D eigenvalue weighted by Gasteiger charge is 2.25. The lowest BCUT2D eigenvalue weighted by molar-refractivity contribution is 0.401. The third kappa shape index (κ3) is 4.74. The Morgan fingerprint density at radius 1 is 1.03 bits per heavy atom. The summed E-state index contributed by atoms with van der Waals surface area (Å²) in [6, 6.07) is 10.00. The fraction of sp³-hybridized carbons (Fsp3) is 0.333. The fourth-order valence-electron chi connectivity index (χ4n) is 2.79. The third-order valence-corrected chi connectivity index (χ3v) is 7.14. The highest BCUT2D eigenvalue weighted by Crippen LogP contribution is 2.39. The van der Waals surface area contributed by atoms with E-state index in [2.05, 4.69) is 36.7 Å². The van der Waals surface area contributed by atoms with Crippen molar-refractivity contribution in [2.75, 3.05) is 19.2 Å². The van der Waals surface area contributed by atoms with Crippen molar-refractivity contribution in [3.05, 3.63) is 57.2 Å². The molecule has 0 unspecified atom stereocenters. The molecular formula is C21H28BrN3O4S. The highest BCUT2D eigenvalue weighted by atomic mass is 79.9. The number of rotatable bonds is 6. The van der Waals surface area contributed by atoms with Crippen molar-refractivity contribution in [2.24, 2.45) is 11.6 Å². The molecule has 0 bridgehead atoms. The van der Waals surface area contributed by atoms with E-state index in [0.29, 0.717) is 21.7 Å². The Hall–Kier alpha value is -2.23. The van der Waals surface area contributed by atoms with E-state index < -0.39 is 9.84 Å². The Morgan fingerprint density at radius 3 is 2.03 bits per heavy atom. The molecule has 0 amide bonds. The summed E-state index contributed by atoms with van der Waals surface area (Å²) in [6.45, 7) is 7.70. The monoisotopic (exact) mass is 497 g/mol. The molecule has 9 heteroatoms. The van der Waals surface area contributed by atoms with Crippen molar-refractivity contribution in [1.29, 1.82) is 0 Å². The fourth-order valence-corrected chi connectivity index (χ4v) is 4.51. The lowest BCUT2D eigenvalue weighted by Gasteiger charge is -2.24. The molecule has 0 atom stereocenters. The lowest BCUT2D eigenvalue weighted by atomic mass is 9.87. The zero-order valence-corrected chi connectivity index (χ0v) is 20.4. The first-order valence-electron chi connectivity index (χ1n) is 9.13. The number of nitrogens with two attached hydrogens (primary N) is 2. The SMILES string of the molecule is COc1cc(N(N)/C(C)=C(\N)S(=O)(=O)c2ccc(C(C)(C)C)cc2)c(OC)cc1Br. The van der Waals surface area contributed by atoms with Crippen molar-refractivity contribution in [3.63, 3.8) is 0 Å². The second kappa shape index (κ2) is 8.87. The maximum atomic E-state index is 13.1. The second-order valence-electron chi connectivity index (χ2n) is 7.76. The zero-order valence-electron chi connectivity index (χ0n) is 18.0. The van der Waals surface area contributed by atoms with Gasteiger partial charge >= 0.3 is 0 Å². The van der Waals surface area contributed by atoms with Crippen LogP contribution in [0, 0.1) is 0 Å². The molecule has 7 nitrogen and oxygen atoms in total. The number of halogens is 1. The van der Waals surface area contributed by atoms with E-state index in [1.165, 1.54) is 26.2 Å². The lowest BCUT2D eigenvalue weighted by Crippen LogP contribution is -2.33. The van der Waals surface area contributed by atoms with Gasteiger partial charge in [0.25, 0.3) is 0 Å². The molecule has 2 aromatic rings. The first kappa shape index (κ1) is 24.0. The van der Waals surface area contributed by atoms with E-state index in [-0.39, 0.29) is 21.0 Å². The van der Waals surface area contributed by atoms with Crippen molar-refractivity contribution in [1.82, 2.24) is 0 Å². The Kier molecular flexibility index (Phi) is 7.11. The van der Waals surface area contributed by atoms with Crippen LogP contribution in [0.1, 0.15) is 33.3 Å². The minimum atomic E-state index is -3.94. The molecule has 0 radical (unpaired) electrons. The standard InChI is InChI=1S/C21H28BrN3O4S/c1-13(25(24)17-12-18(28-5)16(22)11-19(17)29-6)20(23)30(26,27)15-9-7-14(8-10-15)21(2,3)4/h7-12H,23-24H2,1-6H3/b20-13+. The van der Waals surface area contributed by atoms with Gasteiger partial charge in [-0.05, 0) is 46.0 Å². The molecular weight excluding hydrogens is 470 g/mol. The maximum Gasteiger partial charge on any atom is 0.223 e. The summed E-state index contributed by atoms with van der Waals surface area (Å²) in [5.41, 5.74) is 7.55. The molecule has 0 aliphatic heterocycles. The second-order valence-corrected chi connectivity index (χ2v) is 10.5. The van der Waals surface area contributed by atoms with Gasteiger partial charge in [0, 0.05) is 12.1 Å². The van der Waals surface area contributed by atoms with Gasteiger partial charge in [0.2, 0.25) is 9.84 Å². The van der Waals surface area contributed by atoms with E-state index in [1.807, 2.05) is 0 Å². The van der Waals surface area contributed by atoms with Crippen LogP contribution in [0.25, 0.3) is 0 Å². The Bertz CT molecular complexity index is 1060. The van der Waals surface area contributed by atoms with Crippen LogP contribution >= 0.6 is 15.9 Å². The first-order valence-corrected chi connectivity index (χ1v) is 11.4. The van der Waals surface area contributed by atoms with Crippen LogP contribution in [0.15, 0.2) is 56.5 Å². The molecule has 0 heterocycles. The molecule has 0 saturated carbocycles. The molecule has 0 aliphatic carbocycles. The molecule has 0 fully saturated rings.